The molecule has 8 aromatic rings. The summed E-state index contributed by atoms with van der Waals surface area (Å²) in [4.78, 5) is 20.0. The number of aromatic nitrogens is 4. The average molecular weight is 683 g/mol. The Hall–Kier alpha value is -6.72. The van der Waals surface area contributed by atoms with Gasteiger partial charge in [0.25, 0.3) is 0 Å². The maximum Gasteiger partial charge on any atom is 0.227 e. The summed E-state index contributed by atoms with van der Waals surface area (Å²) in [5.41, 5.74) is 12.1. The van der Waals surface area contributed by atoms with Gasteiger partial charge in [0.05, 0.1) is 5.41 Å². The van der Waals surface area contributed by atoms with Crippen LogP contribution >= 0.6 is 0 Å². The van der Waals surface area contributed by atoms with Gasteiger partial charge in [-0.05, 0) is 75.6 Å². The topological polar surface area (TPSA) is 64.7 Å². The summed E-state index contributed by atoms with van der Waals surface area (Å²) in [6.45, 7) is 2.22. The summed E-state index contributed by atoms with van der Waals surface area (Å²) in [5.74, 6) is 3.08. The third-order valence-electron chi connectivity index (χ3n) is 10.6. The lowest BCUT2D eigenvalue weighted by atomic mass is 9.67. The molecule has 252 valence electrons. The Morgan fingerprint density at radius 3 is 1.77 bits per heavy atom. The van der Waals surface area contributed by atoms with Crippen molar-refractivity contribution in [2.45, 2.75) is 18.8 Å². The molecule has 1 atom stereocenters. The van der Waals surface area contributed by atoms with Crippen LogP contribution in [0.25, 0.3) is 62.0 Å². The average Bonchev–Trinajstić information content (AvgIpc) is 3.79. The van der Waals surface area contributed by atoms with Crippen LogP contribution in [0.3, 0.4) is 0 Å². The molecule has 2 heterocycles. The largest absolute Gasteiger partial charge is 0.436 e. The fourth-order valence-corrected chi connectivity index (χ4v) is 8.13. The summed E-state index contributed by atoms with van der Waals surface area (Å²) in [6, 6.07) is 53.0. The summed E-state index contributed by atoms with van der Waals surface area (Å²) >= 11 is 0. The van der Waals surface area contributed by atoms with E-state index in [9.17, 15) is 0 Å². The van der Waals surface area contributed by atoms with E-state index in [0.29, 0.717) is 23.5 Å². The molecular weight excluding hydrogens is 649 g/mol. The number of oxazole rings is 1. The fraction of sp³-hybridized carbons (Fsp3) is 0.0833. The lowest BCUT2D eigenvalue weighted by molar-refractivity contribution is 0.618. The summed E-state index contributed by atoms with van der Waals surface area (Å²) in [6.07, 6.45) is 7.35. The van der Waals surface area contributed by atoms with Crippen LogP contribution in [-0.4, -0.2) is 19.9 Å². The Labute approximate surface area is 308 Å². The Bertz CT molecular complexity index is 2660. The zero-order valence-electron chi connectivity index (χ0n) is 29.1. The molecule has 5 heteroatoms. The van der Waals surface area contributed by atoms with Gasteiger partial charge in [-0.25, -0.2) is 19.9 Å². The summed E-state index contributed by atoms with van der Waals surface area (Å²) in [7, 11) is 0. The molecule has 2 aromatic heterocycles. The first-order valence-corrected chi connectivity index (χ1v) is 18.1. The fourth-order valence-electron chi connectivity index (χ4n) is 8.13. The first-order valence-electron chi connectivity index (χ1n) is 18.1. The van der Waals surface area contributed by atoms with Crippen molar-refractivity contribution in [3.63, 3.8) is 0 Å². The lowest BCUT2D eigenvalue weighted by Gasteiger charge is -2.33. The van der Waals surface area contributed by atoms with Crippen LogP contribution in [0.1, 0.15) is 41.4 Å². The van der Waals surface area contributed by atoms with Crippen molar-refractivity contribution < 1.29 is 4.42 Å². The number of nitrogens with zero attached hydrogens (tertiary/aromatic N) is 4. The number of allylic oxidation sites excluding steroid dienone is 4. The number of hydrogen-bond acceptors (Lipinski definition) is 5. The Morgan fingerprint density at radius 1 is 0.547 bits per heavy atom. The van der Waals surface area contributed by atoms with Crippen LogP contribution in [0.15, 0.2) is 174 Å². The first-order chi connectivity index (χ1) is 26.1. The standard InChI is InChI=1S/C48H34N4O/c1-31-13-12-18-35(29-31)46-51-44(32-14-4-2-5-15-32)50-45(52-46)33-23-25-36(26-24-33)48(40-21-10-8-19-38(40)39-20-9-11-22-41(39)48)37-27-28-42-43(30-37)53-47(49-42)34-16-6-3-7-17-34/h2-28,30-31H,29H2,1H3. The molecule has 53 heavy (non-hydrogen) atoms. The Balaban J connectivity index is 1.15. The number of hydrogen-bond donors (Lipinski definition) is 0. The monoisotopic (exact) mass is 682 g/mol. The molecule has 1 unspecified atom stereocenters. The third-order valence-corrected chi connectivity index (χ3v) is 10.6. The zero-order chi connectivity index (χ0) is 35.4. The minimum Gasteiger partial charge on any atom is -0.436 e. The van der Waals surface area contributed by atoms with E-state index >= 15 is 0 Å². The SMILES string of the molecule is CC1C=CC=C(c2nc(-c3ccccc3)nc(-c3ccc(C4(c5ccc6nc(-c7ccccc7)oc6c5)c5ccccc5-c5ccccc54)cc3)n2)C1. The second-order valence-corrected chi connectivity index (χ2v) is 13.9. The van der Waals surface area contributed by atoms with E-state index in [2.05, 4.69) is 128 Å². The van der Waals surface area contributed by atoms with E-state index in [1.807, 2.05) is 48.5 Å². The first kappa shape index (κ1) is 31.1. The summed E-state index contributed by atoms with van der Waals surface area (Å²) in [5, 5.41) is 0. The van der Waals surface area contributed by atoms with Gasteiger partial charge < -0.3 is 4.42 Å². The summed E-state index contributed by atoms with van der Waals surface area (Å²) < 4.78 is 6.46. The van der Waals surface area contributed by atoms with Gasteiger partial charge in [-0.1, -0.05) is 153 Å². The van der Waals surface area contributed by atoms with Crippen LogP contribution in [0.5, 0.6) is 0 Å². The Morgan fingerprint density at radius 2 is 1.11 bits per heavy atom. The van der Waals surface area contributed by atoms with Crippen molar-refractivity contribution in [1.82, 2.24) is 19.9 Å². The predicted octanol–water partition coefficient (Wildman–Crippen LogP) is 11.4. The van der Waals surface area contributed by atoms with Gasteiger partial charge in [0.1, 0.15) is 5.52 Å². The van der Waals surface area contributed by atoms with Gasteiger partial charge in [-0.15, -0.1) is 0 Å². The van der Waals surface area contributed by atoms with Crippen molar-refractivity contribution in [3.05, 3.63) is 198 Å². The molecule has 0 aliphatic heterocycles. The molecule has 2 aliphatic carbocycles. The maximum absolute atomic E-state index is 6.46. The zero-order valence-corrected chi connectivity index (χ0v) is 29.1. The highest BCUT2D eigenvalue weighted by molar-refractivity contribution is 5.88. The lowest BCUT2D eigenvalue weighted by Crippen LogP contribution is -2.28. The maximum atomic E-state index is 6.46. The second kappa shape index (κ2) is 12.5. The quantitative estimate of drug-likeness (QED) is 0.175. The molecule has 0 saturated heterocycles. The van der Waals surface area contributed by atoms with E-state index in [0.717, 1.165) is 56.7 Å². The van der Waals surface area contributed by atoms with Gasteiger partial charge in [0, 0.05) is 16.7 Å². The van der Waals surface area contributed by atoms with Crippen LogP contribution in [0.4, 0.5) is 0 Å². The van der Waals surface area contributed by atoms with Crippen LogP contribution in [-0.2, 0) is 5.41 Å². The second-order valence-electron chi connectivity index (χ2n) is 13.9. The molecule has 0 N–H and O–H groups in total. The number of rotatable bonds is 6. The van der Waals surface area contributed by atoms with Crippen molar-refractivity contribution in [2.75, 3.05) is 0 Å². The molecule has 0 saturated carbocycles. The highest BCUT2D eigenvalue weighted by Gasteiger charge is 2.46. The molecule has 10 rings (SSSR count). The number of benzene rings is 6. The molecule has 0 spiro atoms. The van der Waals surface area contributed by atoms with E-state index in [4.69, 9.17) is 24.4 Å². The molecule has 0 fully saturated rings. The third kappa shape index (κ3) is 5.15. The van der Waals surface area contributed by atoms with E-state index < -0.39 is 5.41 Å². The molecule has 5 nitrogen and oxygen atoms in total. The highest BCUT2D eigenvalue weighted by atomic mass is 16.3. The minimum absolute atomic E-state index is 0.420. The molecule has 0 amide bonds. The van der Waals surface area contributed by atoms with Crippen molar-refractivity contribution >= 4 is 16.7 Å². The van der Waals surface area contributed by atoms with E-state index in [-0.39, 0.29) is 0 Å². The smallest absolute Gasteiger partial charge is 0.227 e. The van der Waals surface area contributed by atoms with Crippen LogP contribution in [0.2, 0.25) is 0 Å². The van der Waals surface area contributed by atoms with E-state index in [1.54, 1.807) is 0 Å². The van der Waals surface area contributed by atoms with Gasteiger partial charge in [-0.3, -0.25) is 0 Å². The van der Waals surface area contributed by atoms with Gasteiger partial charge in [0.15, 0.2) is 23.1 Å². The molecule has 2 aliphatic rings. The van der Waals surface area contributed by atoms with Crippen LogP contribution in [0, 0.1) is 5.92 Å². The van der Waals surface area contributed by atoms with E-state index in [1.165, 1.54) is 22.3 Å². The van der Waals surface area contributed by atoms with Gasteiger partial charge in [-0.2, -0.15) is 0 Å². The van der Waals surface area contributed by atoms with Gasteiger partial charge in [0.2, 0.25) is 5.89 Å². The molecule has 0 radical (unpaired) electrons. The van der Waals surface area contributed by atoms with Crippen LogP contribution < -0.4 is 0 Å². The predicted molar refractivity (Wildman–Crippen MR) is 212 cm³/mol. The Kier molecular flexibility index (Phi) is 7.32. The molecule has 6 aromatic carbocycles. The normalized spacial score (nSPS) is 15.6. The van der Waals surface area contributed by atoms with Gasteiger partial charge >= 0.3 is 0 Å². The number of fused-ring (bicyclic) bond motifs is 4. The molecular formula is C48H34N4O. The minimum atomic E-state index is -0.603. The van der Waals surface area contributed by atoms with Crippen molar-refractivity contribution in [2.24, 2.45) is 5.92 Å². The van der Waals surface area contributed by atoms with Crippen molar-refractivity contribution in [3.8, 4) is 45.4 Å². The highest BCUT2D eigenvalue weighted by Crippen LogP contribution is 2.56. The molecule has 0 bridgehead atoms. The van der Waals surface area contributed by atoms with Crippen molar-refractivity contribution in [1.29, 1.82) is 0 Å².